The minimum absolute atomic E-state index is 0.0125. The van der Waals surface area contributed by atoms with E-state index in [1.54, 1.807) is 11.3 Å². The van der Waals surface area contributed by atoms with Gasteiger partial charge in [-0.2, -0.15) is 16.6 Å². The van der Waals surface area contributed by atoms with Crippen molar-refractivity contribution in [1.82, 2.24) is 4.90 Å². The molecule has 14 heavy (non-hydrogen) atoms. The SMILES string of the molecule is N#CC(c1ccsc1)N1CCCCC1. The zero-order valence-electron chi connectivity index (χ0n) is 8.15. The van der Waals surface area contributed by atoms with Crippen LogP contribution in [0.2, 0.25) is 0 Å². The lowest BCUT2D eigenvalue weighted by Crippen LogP contribution is -2.32. The summed E-state index contributed by atoms with van der Waals surface area (Å²) < 4.78 is 0. The van der Waals surface area contributed by atoms with Crippen LogP contribution in [0.3, 0.4) is 0 Å². The fourth-order valence-corrected chi connectivity index (χ4v) is 2.65. The van der Waals surface area contributed by atoms with Crippen LogP contribution in [0.1, 0.15) is 30.9 Å². The molecule has 0 spiro atoms. The van der Waals surface area contributed by atoms with Crippen LogP contribution in [0.15, 0.2) is 16.8 Å². The van der Waals surface area contributed by atoms with Gasteiger partial charge in [0, 0.05) is 0 Å². The number of likely N-dealkylation sites (tertiary alicyclic amines) is 1. The Morgan fingerprint density at radius 2 is 2.14 bits per heavy atom. The number of nitriles is 1. The van der Waals surface area contributed by atoms with Crippen molar-refractivity contribution in [3.8, 4) is 6.07 Å². The monoisotopic (exact) mass is 206 g/mol. The molecule has 3 heteroatoms. The van der Waals surface area contributed by atoms with Crippen molar-refractivity contribution in [2.75, 3.05) is 13.1 Å². The Kier molecular flexibility index (Phi) is 3.18. The van der Waals surface area contributed by atoms with E-state index in [0.717, 1.165) is 13.1 Å². The second-order valence-electron chi connectivity index (χ2n) is 3.68. The van der Waals surface area contributed by atoms with E-state index in [1.807, 2.05) is 5.38 Å². The Balaban J connectivity index is 2.09. The highest BCUT2D eigenvalue weighted by molar-refractivity contribution is 7.08. The van der Waals surface area contributed by atoms with Gasteiger partial charge in [0.25, 0.3) is 0 Å². The topological polar surface area (TPSA) is 27.0 Å². The molecule has 1 aromatic rings. The van der Waals surface area contributed by atoms with Gasteiger partial charge in [-0.3, -0.25) is 4.90 Å². The molecule has 0 saturated carbocycles. The summed E-state index contributed by atoms with van der Waals surface area (Å²) in [6.07, 6.45) is 3.79. The molecule has 2 rings (SSSR count). The summed E-state index contributed by atoms with van der Waals surface area (Å²) in [5, 5.41) is 13.3. The molecule has 1 fully saturated rings. The van der Waals surface area contributed by atoms with Gasteiger partial charge in [0.1, 0.15) is 6.04 Å². The maximum Gasteiger partial charge on any atom is 0.124 e. The average molecular weight is 206 g/mol. The zero-order chi connectivity index (χ0) is 9.80. The Labute approximate surface area is 88.8 Å². The van der Waals surface area contributed by atoms with Gasteiger partial charge < -0.3 is 0 Å². The maximum absolute atomic E-state index is 9.16. The van der Waals surface area contributed by atoms with Crippen LogP contribution in [0.5, 0.6) is 0 Å². The molecule has 2 nitrogen and oxygen atoms in total. The summed E-state index contributed by atoms with van der Waals surface area (Å²) in [5.41, 5.74) is 1.17. The van der Waals surface area contributed by atoms with E-state index in [-0.39, 0.29) is 6.04 Å². The first-order valence-corrected chi connectivity index (χ1v) is 6.02. The van der Waals surface area contributed by atoms with Gasteiger partial charge in [0.15, 0.2) is 0 Å². The fraction of sp³-hybridized carbons (Fsp3) is 0.545. The molecule has 0 amide bonds. The van der Waals surface area contributed by atoms with Crippen LogP contribution in [-0.2, 0) is 0 Å². The number of nitrogens with zero attached hydrogens (tertiary/aromatic N) is 2. The molecule has 0 aliphatic carbocycles. The highest BCUT2D eigenvalue weighted by Crippen LogP contribution is 2.25. The molecule has 0 radical (unpaired) electrons. The molecule has 0 N–H and O–H groups in total. The fourth-order valence-electron chi connectivity index (χ4n) is 1.97. The summed E-state index contributed by atoms with van der Waals surface area (Å²) in [6, 6.07) is 4.46. The van der Waals surface area contributed by atoms with Crippen LogP contribution >= 0.6 is 11.3 Å². The first-order chi connectivity index (χ1) is 6.92. The van der Waals surface area contributed by atoms with E-state index >= 15 is 0 Å². The van der Waals surface area contributed by atoms with Crippen LogP contribution in [-0.4, -0.2) is 18.0 Å². The van der Waals surface area contributed by atoms with E-state index in [0.29, 0.717) is 0 Å². The molecule has 1 aliphatic heterocycles. The quantitative estimate of drug-likeness (QED) is 0.744. The molecule has 74 valence electrons. The van der Waals surface area contributed by atoms with Gasteiger partial charge in [-0.25, -0.2) is 0 Å². The number of rotatable bonds is 2. The summed E-state index contributed by atoms with van der Waals surface area (Å²) in [6.45, 7) is 2.15. The summed E-state index contributed by atoms with van der Waals surface area (Å²) in [5.74, 6) is 0. The van der Waals surface area contributed by atoms with E-state index in [2.05, 4.69) is 22.4 Å². The number of piperidine rings is 1. The predicted molar refractivity (Wildman–Crippen MR) is 58.1 cm³/mol. The molecule has 1 unspecified atom stereocenters. The van der Waals surface area contributed by atoms with E-state index in [4.69, 9.17) is 5.26 Å². The van der Waals surface area contributed by atoms with Gasteiger partial charge in [-0.15, -0.1) is 0 Å². The summed E-state index contributed by atoms with van der Waals surface area (Å²) in [4.78, 5) is 2.30. The van der Waals surface area contributed by atoms with Crippen molar-refractivity contribution in [3.63, 3.8) is 0 Å². The van der Waals surface area contributed by atoms with Crippen molar-refractivity contribution in [2.24, 2.45) is 0 Å². The Bertz CT molecular complexity index is 307. The molecule has 1 saturated heterocycles. The average Bonchev–Trinajstić information content (AvgIpc) is 2.74. The largest absolute Gasteiger partial charge is 0.284 e. The van der Waals surface area contributed by atoms with Gasteiger partial charge in [-0.1, -0.05) is 6.42 Å². The minimum Gasteiger partial charge on any atom is -0.284 e. The minimum atomic E-state index is -0.0125. The maximum atomic E-state index is 9.16. The summed E-state index contributed by atoms with van der Waals surface area (Å²) in [7, 11) is 0. The third-order valence-corrected chi connectivity index (χ3v) is 3.44. The lowest BCUT2D eigenvalue weighted by molar-refractivity contribution is 0.196. The van der Waals surface area contributed by atoms with Crippen LogP contribution in [0.25, 0.3) is 0 Å². The molecular formula is C11H14N2S. The third-order valence-electron chi connectivity index (χ3n) is 2.74. The normalized spacial score (nSPS) is 20.2. The molecule has 1 aliphatic rings. The first kappa shape index (κ1) is 9.70. The van der Waals surface area contributed by atoms with Crippen LogP contribution in [0.4, 0.5) is 0 Å². The number of hydrogen-bond acceptors (Lipinski definition) is 3. The number of thiophene rings is 1. The molecule has 0 bridgehead atoms. The van der Waals surface area contributed by atoms with Crippen LogP contribution < -0.4 is 0 Å². The van der Waals surface area contributed by atoms with Crippen molar-refractivity contribution in [1.29, 1.82) is 5.26 Å². The molecule has 2 heterocycles. The molecule has 1 aromatic heterocycles. The molecule has 1 atom stereocenters. The lowest BCUT2D eigenvalue weighted by Gasteiger charge is -2.30. The Morgan fingerprint density at radius 1 is 1.36 bits per heavy atom. The van der Waals surface area contributed by atoms with Crippen molar-refractivity contribution < 1.29 is 0 Å². The smallest absolute Gasteiger partial charge is 0.124 e. The second kappa shape index (κ2) is 4.59. The first-order valence-electron chi connectivity index (χ1n) is 5.07. The van der Waals surface area contributed by atoms with Gasteiger partial charge in [-0.05, 0) is 48.3 Å². The lowest BCUT2D eigenvalue weighted by atomic mass is 10.1. The highest BCUT2D eigenvalue weighted by atomic mass is 32.1. The van der Waals surface area contributed by atoms with Gasteiger partial charge >= 0.3 is 0 Å². The third kappa shape index (κ3) is 1.97. The van der Waals surface area contributed by atoms with Crippen molar-refractivity contribution in [2.45, 2.75) is 25.3 Å². The predicted octanol–water partition coefficient (Wildman–Crippen LogP) is 2.80. The Hall–Kier alpha value is -0.850. The van der Waals surface area contributed by atoms with Crippen LogP contribution in [0, 0.1) is 11.3 Å². The zero-order valence-corrected chi connectivity index (χ0v) is 8.96. The van der Waals surface area contributed by atoms with E-state index in [9.17, 15) is 0 Å². The second-order valence-corrected chi connectivity index (χ2v) is 4.46. The molecule has 0 aromatic carbocycles. The van der Waals surface area contributed by atoms with E-state index in [1.165, 1.54) is 24.8 Å². The standard InChI is InChI=1S/C11H14N2S/c12-8-11(10-4-7-14-9-10)13-5-2-1-3-6-13/h4,7,9,11H,1-3,5-6H2. The summed E-state index contributed by atoms with van der Waals surface area (Å²) >= 11 is 1.67. The van der Waals surface area contributed by atoms with Crippen molar-refractivity contribution >= 4 is 11.3 Å². The molecular weight excluding hydrogens is 192 g/mol. The van der Waals surface area contributed by atoms with Gasteiger partial charge in [0.2, 0.25) is 0 Å². The highest BCUT2D eigenvalue weighted by Gasteiger charge is 2.21. The van der Waals surface area contributed by atoms with Crippen molar-refractivity contribution in [3.05, 3.63) is 22.4 Å². The van der Waals surface area contributed by atoms with Gasteiger partial charge in [0.05, 0.1) is 6.07 Å². The van der Waals surface area contributed by atoms with E-state index < -0.39 is 0 Å². The number of hydrogen-bond donors (Lipinski definition) is 0. The Morgan fingerprint density at radius 3 is 2.71 bits per heavy atom.